The standard InChI is InChI=1S/C28H26F9N5O2/c1-4-19-23(38)22(17-11-14(26(29,30)31)5-6-20(17)42(19)25(43)44)24-39-12-21(41(2)3)18(40-24)9-13-7-15(27(32,33)34)10-16(8-13)28(35,36)37/h5-8,10-12,19,22-23H,4,9,38H2,1-3H3,(H,43,44). The lowest BCUT2D eigenvalue weighted by molar-refractivity contribution is -0.143. The van der Waals surface area contributed by atoms with Crippen LogP contribution in [-0.4, -0.2) is 47.3 Å². The number of benzene rings is 2. The van der Waals surface area contributed by atoms with Crippen LogP contribution in [0.1, 0.15) is 58.6 Å². The highest BCUT2D eigenvalue weighted by atomic mass is 19.4. The number of carbonyl (C=O) groups is 1. The first-order valence-electron chi connectivity index (χ1n) is 13.0. The minimum absolute atomic E-state index is 0.00291. The summed E-state index contributed by atoms with van der Waals surface area (Å²) in [6.45, 7) is 1.62. The van der Waals surface area contributed by atoms with Gasteiger partial charge in [0, 0.05) is 26.6 Å². The second-order valence-corrected chi connectivity index (χ2v) is 10.5. The van der Waals surface area contributed by atoms with Gasteiger partial charge in [-0.1, -0.05) is 6.92 Å². The minimum Gasteiger partial charge on any atom is -0.465 e. The summed E-state index contributed by atoms with van der Waals surface area (Å²) in [5.41, 5.74) is 1.91. The minimum atomic E-state index is -5.09. The van der Waals surface area contributed by atoms with Gasteiger partial charge in [-0.25, -0.2) is 14.8 Å². The van der Waals surface area contributed by atoms with E-state index >= 15 is 0 Å². The van der Waals surface area contributed by atoms with Gasteiger partial charge in [-0.2, -0.15) is 39.5 Å². The van der Waals surface area contributed by atoms with E-state index in [4.69, 9.17) is 5.73 Å². The Balaban J connectivity index is 1.93. The Morgan fingerprint density at radius 1 is 0.932 bits per heavy atom. The maximum absolute atomic E-state index is 13.7. The number of amides is 1. The molecule has 2 heterocycles. The number of hydrogen-bond acceptors (Lipinski definition) is 5. The lowest BCUT2D eigenvalue weighted by atomic mass is 9.79. The van der Waals surface area contributed by atoms with Crippen molar-refractivity contribution in [3.05, 3.63) is 81.9 Å². The van der Waals surface area contributed by atoms with Gasteiger partial charge in [-0.3, -0.25) is 4.90 Å². The number of carboxylic acid groups (broad SMARTS) is 1. The Bertz CT molecular complexity index is 1520. The van der Waals surface area contributed by atoms with Crippen LogP contribution in [0.2, 0.25) is 0 Å². The number of rotatable bonds is 5. The number of fused-ring (bicyclic) bond motifs is 1. The second kappa shape index (κ2) is 11.4. The van der Waals surface area contributed by atoms with Crippen molar-refractivity contribution in [1.29, 1.82) is 0 Å². The average Bonchev–Trinajstić information content (AvgIpc) is 2.90. The van der Waals surface area contributed by atoms with E-state index in [1.807, 2.05) is 0 Å². The number of nitrogens with two attached hydrogens (primary N) is 1. The van der Waals surface area contributed by atoms with Crippen LogP contribution >= 0.6 is 0 Å². The molecule has 1 aromatic heterocycles. The summed E-state index contributed by atoms with van der Waals surface area (Å²) in [6.07, 6.45) is -15.6. The summed E-state index contributed by atoms with van der Waals surface area (Å²) >= 11 is 0. The first-order valence-corrected chi connectivity index (χ1v) is 13.0. The van der Waals surface area contributed by atoms with Gasteiger partial charge in [0.2, 0.25) is 0 Å². The number of halogens is 9. The molecule has 44 heavy (non-hydrogen) atoms. The summed E-state index contributed by atoms with van der Waals surface area (Å²) in [7, 11) is 3.06. The highest BCUT2D eigenvalue weighted by Gasteiger charge is 2.45. The molecule has 0 aliphatic carbocycles. The average molecular weight is 636 g/mol. The Labute approximate surface area is 245 Å². The van der Waals surface area contributed by atoms with Crippen molar-refractivity contribution >= 4 is 17.5 Å². The molecule has 0 fully saturated rings. The molecule has 0 radical (unpaired) electrons. The molecule has 3 unspecified atom stereocenters. The van der Waals surface area contributed by atoms with E-state index in [9.17, 15) is 49.4 Å². The van der Waals surface area contributed by atoms with Gasteiger partial charge >= 0.3 is 24.6 Å². The maximum atomic E-state index is 13.7. The Hall–Kier alpha value is -4.08. The Morgan fingerprint density at radius 3 is 1.98 bits per heavy atom. The molecular weight excluding hydrogens is 609 g/mol. The van der Waals surface area contributed by atoms with Crippen LogP contribution in [0.4, 0.5) is 55.7 Å². The van der Waals surface area contributed by atoms with E-state index < -0.39 is 65.7 Å². The van der Waals surface area contributed by atoms with Crippen molar-refractivity contribution in [1.82, 2.24) is 9.97 Å². The van der Waals surface area contributed by atoms with Crippen molar-refractivity contribution in [2.45, 2.75) is 56.3 Å². The second-order valence-electron chi connectivity index (χ2n) is 10.5. The van der Waals surface area contributed by atoms with Crippen LogP contribution in [0.25, 0.3) is 0 Å². The van der Waals surface area contributed by atoms with Gasteiger partial charge in [0.15, 0.2) is 0 Å². The fraction of sp³-hybridized carbons (Fsp3) is 0.393. The molecule has 16 heteroatoms. The maximum Gasteiger partial charge on any atom is 0.416 e. The fourth-order valence-corrected chi connectivity index (χ4v) is 5.38. The molecule has 0 saturated heterocycles. The first-order chi connectivity index (χ1) is 20.2. The number of nitrogens with zero attached hydrogens (tertiary/aromatic N) is 4. The van der Waals surface area contributed by atoms with E-state index in [2.05, 4.69) is 9.97 Å². The van der Waals surface area contributed by atoms with Crippen molar-refractivity contribution in [3.8, 4) is 0 Å². The van der Waals surface area contributed by atoms with E-state index in [-0.39, 0.29) is 46.5 Å². The normalized spacial score (nSPS) is 19.1. The summed E-state index contributed by atoms with van der Waals surface area (Å²) < 4.78 is 122. The van der Waals surface area contributed by atoms with E-state index in [0.717, 1.165) is 23.1 Å². The summed E-state index contributed by atoms with van der Waals surface area (Å²) in [4.78, 5) is 23.2. The molecule has 3 atom stereocenters. The molecule has 0 spiro atoms. The van der Waals surface area contributed by atoms with E-state index in [1.54, 1.807) is 6.92 Å². The van der Waals surface area contributed by atoms with E-state index in [1.165, 1.54) is 25.2 Å². The zero-order chi connectivity index (χ0) is 32.9. The van der Waals surface area contributed by atoms with Gasteiger partial charge < -0.3 is 15.7 Å². The summed E-state index contributed by atoms with van der Waals surface area (Å²) in [6, 6.07) is 1.49. The molecule has 3 aromatic rings. The van der Waals surface area contributed by atoms with Crippen LogP contribution in [0.3, 0.4) is 0 Å². The quantitative estimate of drug-likeness (QED) is 0.296. The lowest BCUT2D eigenvalue weighted by Gasteiger charge is -2.43. The van der Waals surface area contributed by atoms with Gasteiger partial charge in [0.25, 0.3) is 0 Å². The molecule has 3 N–H and O–H groups in total. The highest BCUT2D eigenvalue weighted by molar-refractivity contribution is 5.89. The Morgan fingerprint density at radius 2 is 1.50 bits per heavy atom. The molecule has 7 nitrogen and oxygen atoms in total. The first kappa shape index (κ1) is 32.8. The molecule has 1 amide bonds. The summed E-state index contributed by atoms with van der Waals surface area (Å²) in [5.74, 6) is -1.39. The van der Waals surface area contributed by atoms with Crippen LogP contribution in [-0.2, 0) is 24.9 Å². The molecule has 2 aromatic carbocycles. The number of aromatic nitrogens is 2. The predicted octanol–water partition coefficient (Wildman–Crippen LogP) is 6.93. The third-order valence-corrected chi connectivity index (χ3v) is 7.38. The predicted molar refractivity (Wildman–Crippen MR) is 141 cm³/mol. The smallest absolute Gasteiger partial charge is 0.416 e. The van der Waals surface area contributed by atoms with Crippen molar-refractivity contribution in [2.24, 2.45) is 5.73 Å². The fourth-order valence-electron chi connectivity index (χ4n) is 5.38. The van der Waals surface area contributed by atoms with Gasteiger partial charge in [0.05, 0.1) is 51.9 Å². The highest BCUT2D eigenvalue weighted by Crippen LogP contribution is 2.45. The molecule has 0 bridgehead atoms. The zero-order valence-electron chi connectivity index (χ0n) is 23.3. The van der Waals surface area contributed by atoms with Gasteiger partial charge in [-0.05, 0) is 53.9 Å². The van der Waals surface area contributed by atoms with E-state index in [0.29, 0.717) is 12.1 Å². The molecular formula is C28H26F9N5O2. The monoisotopic (exact) mass is 635 g/mol. The SMILES string of the molecule is CCC1C(N)C(c2ncc(N(C)C)c(Cc3cc(C(F)(F)F)cc(C(F)(F)F)c3)n2)c2cc(C(F)(F)F)ccc2N1C(=O)O. The van der Waals surface area contributed by atoms with Crippen molar-refractivity contribution in [2.75, 3.05) is 23.9 Å². The molecule has 238 valence electrons. The van der Waals surface area contributed by atoms with Crippen molar-refractivity contribution < 1.29 is 49.4 Å². The van der Waals surface area contributed by atoms with Gasteiger partial charge in [0.1, 0.15) is 5.82 Å². The molecule has 4 rings (SSSR count). The largest absolute Gasteiger partial charge is 0.465 e. The molecule has 1 aliphatic rings. The number of anilines is 2. The Kier molecular flexibility index (Phi) is 8.54. The lowest BCUT2D eigenvalue weighted by Crippen LogP contribution is -2.56. The van der Waals surface area contributed by atoms with Crippen LogP contribution < -0.4 is 15.5 Å². The molecule has 1 aliphatic heterocycles. The topological polar surface area (TPSA) is 95.6 Å². The van der Waals surface area contributed by atoms with Gasteiger partial charge in [-0.15, -0.1) is 0 Å². The molecule has 0 saturated carbocycles. The number of hydrogen-bond donors (Lipinski definition) is 2. The number of alkyl halides is 9. The van der Waals surface area contributed by atoms with Crippen LogP contribution in [0.15, 0.2) is 42.6 Å². The van der Waals surface area contributed by atoms with Crippen LogP contribution in [0, 0.1) is 0 Å². The zero-order valence-corrected chi connectivity index (χ0v) is 23.3. The summed E-state index contributed by atoms with van der Waals surface area (Å²) in [5, 5.41) is 9.91. The van der Waals surface area contributed by atoms with Crippen molar-refractivity contribution in [3.63, 3.8) is 0 Å². The third-order valence-electron chi connectivity index (χ3n) is 7.38. The van der Waals surface area contributed by atoms with Crippen LogP contribution in [0.5, 0.6) is 0 Å². The third kappa shape index (κ3) is 6.39.